The van der Waals surface area contributed by atoms with Gasteiger partial charge >= 0.3 is 0 Å². The summed E-state index contributed by atoms with van der Waals surface area (Å²) in [7, 11) is 0. The Morgan fingerprint density at radius 3 is 2.69 bits per heavy atom. The van der Waals surface area contributed by atoms with Crippen LogP contribution in [0.25, 0.3) is 0 Å². The van der Waals surface area contributed by atoms with Crippen LogP contribution in [0, 0.1) is 20.8 Å². The molecule has 0 unspecified atom stereocenters. The molecule has 0 saturated carbocycles. The Bertz CT molecular complexity index is 948. The predicted molar refractivity (Wildman–Crippen MR) is 99.4 cm³/mol. The van der Waals surface area contributed by atoms with Gasteiger partial charge in [0.25, 0.3) is 5.91 Å². The van der Waals surface area contributed by atoms with Gasteiger partial charge in [-0.05, 0) is 32.4 Å². The predicted octanol–water partition coefficient (Wildman–Crippen LogP) is 2.55. The van der Waals surface area contributed by atoms with Gasteiger partial charge in [0.05, 0.1) is 5.69 Å². The standard InChI is InChI=1S/C17H18N6O2S/c1-10-4-5-13(11(2)8-10)19-16(25)15-12(3)23(22-21-15)9-14(24)20-17-18-6-7-26-17/h4-8H,9H2,1-3H3,(H,19,25)(H,18,20,24). The van der Waals surface area contributed by atoms with Gasteiger partial charge in [-0.25, -0.2) is 9.67 Å². The molecule has 2 amide bonds. The number of hydrogen-bond donors (Lipinski definition) is 2. The van der Waals surface area contributed by atoms with Crippen molar-refractivity contribution in [3.63, 3.8) is 0 Å². The molecule has 8 nitrogen and oxygen atoms in total. The highest BCUT2D eigenvalue weighted by Gasteiger charge is 2.19. The zero-order chi connectivity index (χ0) is 18.7. The maximum atomic E-state index is 12.5. The van der Waals surface area contributed by atoms with E-state index < -0.39 is 0 Å². The Balaban J connectivity index is 1.69. The Hall–Kier alpha value is -3.07. The van der Waals surface area contributed by atoms with E-state index in [1.807, 2.05) is 32.0 Å². The SMILES string of the molecule is Cc1ccc(NC(=O)c2nnn(CC(=O)Nc3nccs3)c2C)c(C)c1. The van der Waals surface area contributed by atoms with Gasteiger partial charge in [0.2, 0.25) is 5.91 Å². The Kier molecular flexibility index (Phi) is 5.08. The molecule has 0 fully saturated rings. The molecule has 3 aromatic rings. The van der Waals surface area contributed by atoms with E-state index in [4.69, 9.17) is 0 Å². The van der Waals surface area contributed by atoms with E-state index in [1.165, 1.54) is 16.0 Å². The highest BCUT2D eigenvalue weighted by atomic mass is 32.1. The molecular formula is C17H18N6O2S. The third-order valence-corrected chi connectivity index (χ3v) is 4.49. The van der Waals surface area contributed by atoms with E-state index in [-0.39, 0.29) is 24.1 Å². The first-order valence-electron chi connectivity index (χ1n) is 7.92. The summed E-state index contributed by atoms with van der Waals surface area (Å²) in [6.45, 7) is 5.57. The van der Waals surface area contributed by atoms with Crippen molar-refractivity contribution in [3.8, 4) is 0 Å². The van der Waals surface area contributed by atoms with Crippen LogP contribution in [0.15, 0.2) is 29.8 Å². The fourth-order valence-electron chi connectivity index (χ4n) is 2.44. The van der Waals surface area contributed by atoms with Crippen molar-refractivity contribution in [2.75, 3.05) is 10.6 Å². The summed E-state index contributed by atoms with van der Waals surface area (Å²) in [6.07, 6.45) is 1.61. The summed E-state index contributed by atoms with van der Waals surface area (Å²) in [5.41, 5.74) is 3.50. The summed E-state index contributed by atoms with van der Waals surface area (Å²) in [5.74, 6) is -0.643. The van der Waals surface area contributed by atoms with Crippen molar-refractivity contribution in [1.82, 2.24) is 20.0 Å². The topological polar surface area (TPSA) is 102 Å². The quantitative estimate of drug-likeness (QED) is 0.719. The van der Waals surface area contributed by atoms with Crippen molar-refractivity contribution < 1.29 is 9.59 Å². The lowest BCUT2D eigenvalue weighted by Gasteiger charge is -2.08. The zero-order valence-electron chi connectivity index (χ0n) is 14.6. The second kappa shape index (κ2) is 7.44. The van der Waals surface area contributed by atoms with Crippen molar-refractivity contribution in [2.45, 2.75) is 27.3 Å². The number of aromatic nitrogens is 4. The third-order valence-electron chi connectivity index (χ3n) is 3.80. The number of nitrogens with one attached hydrogen (secondary N) is 2. The minimum atomic E-state index is -0.360. The summed E-state index contributed by atoms with van der Waals surface area (Å²) in [5, 5.41) is 15.6. The largest absolute Gasteiger partial charge is 0.320 e. The fourth-order valence-corrected chi connectivity index (χ4v) is 2.98. The molecule has 2 aromatic heterocycles. The second-order valence-electron chi connectivity index (χ2n) is 5.84. The maximum Gasteiger partial charge on any atom is 0.278 e. The molecule has 2 heterocycles. The number of amides is 2. The molecule has 0 bridgehead atoms. The van der Waals surface area contributed by atoms with Gasteiger partial charge in [0.15, 0.2) is 10.8 Å². The van der Waals surface area contributed by atoms with Gasteiger partial charge in [0, 0.05) is 17.3 Å². The summed E-state index contributed by atoms with van der Waals surface area (Å²) >= 11 is 1.33. The molecule has 0 saturated heterocycles. The van der Waals surface area contributed by atoms with Gasteiger partial charge in [0.1, 0.15) is 6.54 Å². The monoisotopic (exact) mass is 370 g/mol. The first-order chi connectivity index (χ1) is 12.4. The van der Waals surface area contributed by atoms with Crippen LogP contribution in [0.2, 0.25) is 0 Å². The zero-order valence-corrected chi connectivity index (χ0v) is 15.4. The lowest BCUT2D eigenvalue weighted by atomic mass is 10.1. The van der Waals surface area contributed by atoms with E-state index in [0.717, 1.165) is 16.8 Å². The van der Waals surface area contributed by atoms with E-state index >= 15 is 0 Å². The van der Waals surface area contributed by atoms with Gasteiger partial charge in [-0.2, -0.15) is 0 Å². The van der Waals surface area contributed by atoms with Crippen molar-refractivity contribution in [2.24, 2.45) is 0 Å². The lowest BCUT2D eigenvalue weighted by molar-refractivity contribution is -0.117. The molecule has 134 valence electrons. The molecule has 0 aliphatic heterocycles. The average Bonchev–Trinajstić information content (AvgIpc) is 3.21. The first-order valence-corrected chi connectivity index (χ1v) is 8.80. The van der Waals surface area contributed by atoms with Crippen LogP contribution in [0.5, 0.6) is 0 Å². The van der Waals surface area contributed by atoms with Crippen molar-refractivity contribution in [3.05, 3.63) is 52.3 Å². The second-order valence-corrected chi connectivity index (χ2v) is 6.73. The highest BCUT2D eigenvalue weighted by molar-refractivity contribution is 7.13. The number of rotatable bonds is 5. The van der Waals surface area contributed by atoms with Crippen LogP contribution in [0.1, 0.15) is 27.3 Å². The van der Waals surface area contributed by atoms with Crippen LogP contribution in [0.4, 0.5) is 10.8 Å². The average molecular weight is 370 g/mol. The highest BCUT2D eigenvalue weighted by Crippen LogP contribution is 2.17. The number of nitrogens with zero attached hydrogens (tertiary/aromatic N) is 4. The van der Waals surface area contributed by atoms with E-state index in [9.17, 15) is 9.59 Å². The van der Waals surface area contributed by atoms with Gasteiger partial charge in [-0.3, -0.25) is 9.59 Å². The normalized spacial score (nSPS) is 10.6. The number of carbonyl (C=O) groups excluding carboxylic acids is 2. The molecule has 0 atom stereocenters. The maximum absolute atomic E-state index is 12.5. The molecule has 9 heteroatoms. The lowest BCUT2D eigenvalue weighted by Crippen LogP contribution is -2.21. The number of aryl methyl sites for hydroxylation is 2. The van der Waals surface area contributed by atoms with E-state index in [2.05, 4.69) is 25.9 Å². The van der Waals surface area contributed by atoms with E-state index in [0.29, 0.717) is 10.8 Å². The smallest absolute Gasteiger partial charge is 0.278 e. The van der Waals surface area contributed by atoms with Crippen LogP contribution < -0.4 is 10.6 Å². The van der Waals surface area contributed by atoms with Gasteiger partial charge in [-0.15, -0.1) is 16.4 Å². The number of anilines is 2. The summed E-state index contributed by atoms with van der Waals surface area (Å²) in [4.78, 5) is 28.5. The van der Waals surface area contributed by atoms with Crippen LogP contribution in [-0.4, -0.2) is 31.8 Å². The van der Waals surface area contributed by atoms with Gasteiger partial charge in [-0.1, -0.05) is 22.9 Å². The van der Waals surface area contributed by atoms with E-state index in [1.54, 1.807) is 18.5 Å². The fraction of sp³-hybridized carbons (Fsp3) is 0.235. The van der Waals surface area contributed by atoms with Crippen molar-refractivity contribution in [1.29, 1.82) is 0 Å². The summed E-state index contributed by atoms with van der Waals surface area (Å²) < 4.78 is 1.39. The molecule has 26 heavy (non-hydrogen) atoms. The van der Waals surface area contributed by atoms with Crippen molar-refractivity contribution >= 4 is 34.0 Å². The van der Waals surface area contributed by atoms with Crippen LogP contribution in [-0.2, 0) is 11.3 Å². The van der Waals surface area contributed by atoms with Crippen LogP contribution >= 0.6 is 11.3 Å². The Morgan fingerprint density at radius 1 is 1.19 bits per heavy atom. The minimum absolute atomic E-state index is 0.0464. The molecular weight excluding hydrogens is 352 g/mol. The number of benzene rings is 1. The third kappa shape index (κ3) is 3.94. The molecule has 0 aliphatic rings. The molecule has 1 aromatic carbocycles. The molecule has 2 N–H and O–H groups in total. The number of hydrogen-bond acceptors (Lipinski definition) is 6. The molecule has 0 radical (unpaired) electrons. The first kappa shape index (κ1) is 17.7. The summed E-state index contributed by atoms with van der Waals surface area (Å²) in [6, 6.07) is 5.77. The minimum Gasteiger partial charge on any atom is -0.320 e. The Morgan fingerprint density at radius 2 is 2.00 bits per heavy atom. The van der Waals surface area contributed by atoms with Crippen LogP contribution in [0.3, 0.4) is 0 Å². The molecule has 0 aliphatic carbocycles. The molecule has 0 spiro atoms. The van der Waals surface area contributed by atoms with Gasteiger partial charge < -0.3 is 10.6 Å². The molecule has 3 rings (SSSR count). The number of thiazole rings is 1. The Labute approximate surface area is 154 Å². The number of carbonyl (C=O) groups is 2.